The average Bonchev–Trinajstić information content (AvgIpc) is 3.27. The first-order valence-corrected chi connectivity index (χ1v) is 10.8. The molecule has 4 atom stereocenters. The minimum absolute atomic E-state index is 0.0395. The van der Waals surface area contributed by atoms with Gasteiger partial charge in [0, 0.05) is 24.7 Å². The van der Waals surface area contributed by atoms with Crippen LogP contribution in [-0.4, -0.2) is 80.6 Å². The smallest absolute Gasteiger partial charge is 0.326 e. The summed E-state index contributed by atoms with van der Waals surface area (Å²) in [5.74, 6) is -4.66. The van der Waals surface area contributed by atoms with Crippen LogP contribution < -0.4 is 27.4 Å². The number of aromatic amines is 1. The van der Waals surface area contributed by atoms with Gasteiger partial charge in [0.25, 0.3) is 0 Å². The number of amides is 3. The SMILES string of the molecule is CC(N)C(=O)NC(Cc1cnc[nH]1)C(=O)NC(CCCCN)C(=O)NC(CCC(=O)O)C(=O)O. The molecule has 0 fully saturated rings. The van der Waals surface area contributed by atoms with Gasteiger partial charge in [0.05, 0.1) is 12.4 Å². The molecular weight excluding hydrogens is 450 g/mol. The molecule has 10 N–H and O–H groups in total. The first kappa shape index (κ1) is 28.5. The molecule has 0 saturated carbocycles. The van der Waals surface area contributed by atoms with Crippen LogP contribution in [-0.2, 0) is 30.4 Å². The number of nitrogens with two attached hydrogens (primary N) is 2. The van der Waals surface area contributed by atoms with Crippen molar-refractivity contribution in [2.45, 2.75) is 69.6 Å². The highest BCUT2D eigenvalue weighted by atomic mass is 16.4. The fourth-order valence-corrected chi connectivity index (χ4v) is 2.96. The van der Waals surface area contributed by atoms with Crippen molar-refractivity contribution < 1.29 is 34.2 Å². The summed E-state index contributed by atoms with van der Waals surface area (Å²) in [6.07, 6.45) is 3.30. The number of rotatable bonds is 16. The fourth-order valence-electron chi connectivity index (χ4n) is 2.96. The number of aliphatic carboxylic acids is 2. The molecule has 3 amide bonds. The zero-order chi connectivity index (χ0) is 25.7. The van der Waals surface area contributed by atoms with Crippen LogP contribution in [0.2, 0.25) is 0 Å². The standard InChI is InChI=1S/C20H33N7O7/c1-11(22)17(30)27-15(8-12-9-23-10-24-12)19(32)25-13(4-2-3-7-21)18(31)26-14(20(33)34)5-6-16(28)29/h9-11,13-15H,2-8,21-22H2,1H3,(H,23,24)(H,25,32)(H,26,31)(H,27,30)(H,28,29)(H,33,34). The van der Waals surface area contributed by atoms with Crippen LogP contribution in [0.25, 0.3) is 0 Å². The summed E-state index contributed by atoms with van der Waals surface area (Å²) in [6, 6.07) is -4.56. The maximum atomic E-state index is 13.0. The molecule has 0 spiro atoms. The van der Waals surface area contributed by atoms with Crippen LogP contribution in [0.4, 0.5) is 0 Å². The van der Waals surface area contributed by atoms with Crippen molar-refractivity contribution in [3.05, 3.63) is 18.2 Å². The van der Waals surface area contributed by atoms with Gasteiger partial charge >= 0.3 is 11.9 Å². The van der Waals surface area contributed by atoms with Gasteiger partial charge in [-0.25, -0.2) is 9.78 Å². The maximum absolute atomic E-state index is 13.0. The van der Waals surface area contributed by atoms with E-state index in [1.54, 1.807) is 0 Å². The normalized spacial score (nSPS) is 14.3. The number of carboxylic acids is 2. The van der Waals surface area contributed by atoms with Crippen LogP contribution in [0, 0.1) is 0 Å². The average molecular weight is 484 g/mol. The Morgan fingerprint density at radius 2 is 1.59 bits per heavy atom. The molecule has 0 bridgehead atoms. The van der Waals surface area contributed by atoms with E-state index in [2.05, 4.69) is 25.9 Å². The quantitative estimate of drug-likeness (QED) is 0.118. The lowest BCUT2D eigenvalue weighted by molar-refractivity contribution is -0.143. The number of carbonyl (C=O) groups is 5. The molecule has 190 valence electrons. The summed E-state index contributed by atoms with van der Waals surface area (Å²) in [5.41, 5.74) is 11.6. The summed E-state index contributed by atoms with van der Waals surface area (Å²) in [4.78, 5) is 66.9. The molecule has 14 nitrogen and oxygen atoms in total. The second-order valence-electron chi connectivity index (χ2n) is 7.81. The Morgan fingerprint density at radius 3 is 2.12 bits per heavy atom. The van der Waals surface area contributed by atoms with E-state index in [0.29, 0.717) is 25.1 Å². The number of unbranched alkanes of at least 4 members (excludes halogenated alkanes) is 1. The Kier molecular flexibility index (Phi) is 12.2. The molecule has 1 heterocycles. The number of carbonyl (C=O) groups excluding carboxylic acids is 3. The van der Waals surface area contributed by atoms with E-state index in [1.807, 2.05) is 0 Å². The Hall–Kier alpha value is -3.52. The van der Waals surface area contributed by atoms with E-state index in [1.165, 1.54) is 19.4 Å². The minimum atomic E-state index is -1.45. The number of nitrogens with one attached hydrogen (secondary N) is 4. The van der Waals surface area contributed by atoms with Gasteiger partial charge in [-0.2, -0.15) is 0 Å². The van der Waals surface area contributed by atoms with Crippen LogP contribution in [0.5, 0.6) is 0 Å². The van der Waals surface area contributed by atoms with Crippen molar-refractivity contribution in [2.24, 2.45) is 11.5 Å². The maximum Gasteiger partial charge on any atom is 0.326 e. The molecule has 1 rings (SSSR count). The lowest BCUT2D eigenvalue weighted by Crippen LogP contribution is -2.57. The zero-order valence-electron chi connectivity index (χ0n) is 19.0. The van der Waals surface area contributed by atoms with Crippen molar-refractivity contribution in [1.29, 1.82) is 0 Å². The predicted molar refractivity (Wildman–Crippen MR) is 119 cm³/mol. The first-order chi connectivity index (χ1) is 16.0. The molecule has 4 unspecified atom stereocenters. The van der Waals surface area contributed by atoms with Gasteiger partial charge in [-0.3, -0.25) is 19.2 Å². The number of aromatic nitrogens is 2. The van der Waals surface area contributed by atoms with Crippen LogP contribution in [0.3, 0.4) is 0 Å². The van der Waals surface area contributed by atoms with Crippen molar-refractivity contribution >= 4 is 29.7 Å². The Morgan fingerprint density at radius 1 is 0.971 bits per heavy atom. The third-order valence-corrected chi connectivity index (χ3v) is 4.87. The summed E-state index contributed by atoms with van der Waals surface area (Å²) in [7, 11) is 0. The monoisotopic (exact) mass is 483 g/mol. The molecule has 14 heteroatoms. The molecule has 1 aromatic heterocycles. The lowest BCUT2D eigenvalue weighted by atomic mass is 10.0. The van der Waals surface area contributed by atoms with Crippen LogP contribution in [0.15, 0.2) is 12.5 Å². The third-order valence-electron chi connectivity index (χ3n) is 4.87. The second kappa shape index (κ2) is 14.6. The van der Waals surface area contributed by atoms with Crippen LogP contribution >= 0.6 is 0 Å². The molecule has 0 radical (unpaired) electrons. The third kappa shape index (κ3) is 10.4. The molecular formula is C20H33N7O7. The number of carboxylic acid groups (broad SMARTS) is 2. The van der Waals surface area contributed by atoms with Crippen molar-refractivity contribution in [2.75, 3.05) is 6.54 Å². The molecule has 0 aromatic carbocycles. The lowest BCUT2D eigenvalue weighted by Gasteiger charge is -2.24. The van der Waals surface area contributed by atoms with Crippen molar-refractivity contribution in [1.82, 2.24) is 25.9 Å². The van der Waals surface area contributed by atoms with Gasteiger partial charge in [0.2, 0.25) is 17.7 Å². The highest BCUT2D eigenvalue weighted by Crippen LogP contribution is 2.06. The van der Waals surface area contributed by atoms with Gasteiger partial charge in [0.15, 0.2) is 0 Å². The predicted octanol–water partition coefficient (Wildman–Crippen LogP) is -2.17. The molecule has 0 saturated heterocycles. The summed E-state index contributed by atoms with van der Waals surface area (Å²) in [6.45, 7) is 1.80. The molecule has 1 aromatic rings. The first-order valence-electron chi connectivity index (χ1n) is 10.8. The van der Waals surface area contributed by atoms with E-state index in [9.17, 15) is 29.1 Å². The second-order valence-corrected chi connectivity index (χ2v) is 7.81. The topological polar surface area (TPSA) is 243 Å². The zero-order valence-corrected chi connectivity index (χ0v) is 19.0. The summed E-state index contributed by atoms with van der Waals surface area (Å²) >= 11 is 0. The van der Waals surface area contributed by atoms with Gasteiger partial charge in [-0.1, -0.05) is 0 Å². The highest BCUT2D eigenvalue weighted by molar-refractivity contribution is 5.94. The summed E-state index contributed by atoms with van der Waals surface area (Å²) in [5, 5.41) is 25.5. The van der Waals surface area contributed by atoms with Gasteiger partial charge in [-0.05, 0) is 39.2 Å². The molecule has 34 heavy (non-hydrogen) atoms. The van der Waals surface area contributed by atoms with Gasteiger partial charge in [-0.15, -0.1) is 0 Å². The number of hydrogen-bond acceptors (Lipinski definition) is 8. The Bertz CT molecular complexity index is 829. The van der Waals surface area contributed by atoms with Crippen molar-refractivity contribution in [3.63, 3.8) is 0 Å². The molecule has 0 aliphatic heterocycles. The largest absolute Gasteiger partial charge is 0.481 e. The van der Waals surface area contributed by atoms with E-state index >= 15 is 0 Å². The van der Waals surface area contributed by atoms with Crippen LogP contribution in [0.1, 0.15) is 44.7 Å². The van der Waals surface area contributed by atoms with E-state index in [4.69, 9.17) is 16.6 Å². The number of nitrogens with zero attached hydrogens (tertiary/aromatic N) is 1. The molecule has 0 aliphatic rings. The van der Waals surface area contributed by atoms with E-state index < -0.39 is 60.2 Å². The Balaban J connectivity index is 2.99. The minimum Gasteiger partial charge on any atom is -0.481 e. The highest BCUT2D eigenvalue weighted by Gasteiger charge is 2.30. The van der Waals surface area contributed by atoms with E-state index in [0.717, 1.165) is 0 Å². The number of imidazole rings is 1. The summed E-state index contributed by atoms with van der Waals surface area (Å²) < 4.78 is 0. The fraction of sp³-hybridized carbons (Fsp3) is 0.600. The Labute approximate surface area is 196 Å². The number of hydrogen-bond donors (Lipinski definition) is 8. The number of H-pyrrole nitrogens is 1. The van der Waals surface area contributed by atoms with Gasteiger partial charge in [0.1, 0.15) is 18.1 Å². The van der Waals surface area contributed by atoms with Gasteiger partial charge < -0.3 is 42.6 Å². The van der Waals surface area contributed by atoms with Crippen molar-refractivity contribution in [3.8, 4) is 0 Å². The molecule has 0 aliphatic carbocycles. The van der Waals surface area contributed by atoms with E-state index in [-0.39, 0.29) is 19.3 Å².